The normalized spacial score (nSPS) is 20.1. The highest BCUT2D eigenvalue weighted by Gasteiger charge is 2.44. The lowest BCUT2D eigenvalue weighted by atomic mass is 9.99. The highest BCUT2D eigenvalue weighted by Crippen LogP contribution is 2.24. The highest BCUT2D eigenvalue weighted by molar-refractivity contribution is 5.87. The molecule has 23 heavy (non-hydrogen) atoms. The Morgan fingerprint density at radius 1 is 1.26 bits per heavy atom. The first kappa shape index (κ1) is 19.0. The van der Waals surface area contributed by atoms with Gasteiger partial charge < -0.3 is 20.1 Å². The van der Waals surface area contributed by atoms with E-state index >= 15 is 0 Å². The third-order valence-corrected chi connectivity index (χ3v) is 3.16. The topological polar surface area (TPSA) is 95.9 Å². The molecule has 1 saturated heterocycles. The third-order valence-electron chi connectivity index (χ3n) is 3.16. The molecule has 0 aliphatic carbocycles. The van der Waals surface area contributed by atoms with Crippen LogP contribution in [-0.4, -0.2) is 58.9 Å². The third kappa shape index (κ3) is 5.61. The maximum absolute atomic E-state index is 12.3. The summed E-state index contributed by atoms with van der Waals surface area (Å²) in [6.07, 6.45) is -5.70. The predicted molar refractivity (Wildman–Crippen MR) is 71.5 cm³/mol. The number of carboxylic acids is 1. The second-order valence-electron chi connectivity index (χ2n) is 6.26. The molecule has 2 N–H and O–H groups in total. The maximum atomic E-state index is 12.3. The van der Waals surface area contributed by atoms with Gasteiger partial charge in [0, 0.05) is 19.0 Å². The van der Waals surface area contributed by atoms with Crippen LogP contribution < -0.4 is 5.32 Å². The van der Waals surface area contributed by atoms with Gasteiger partial charge >= 0.3 is 24.1 Å². The molecular weight excluding hydrogens is 321 g/mol. The van der Waals surface area contributed by atoms with E-state index < -0.39 is 41.7 Å². The van der Waals surface area contributed by atoms with E-state index in [1.807, 2.05) is 0 Å². The Morgan fingerprint density at radius 2 is 1.83 bits per heavy atom. The van der Waals surface area contributed by atoms with Gasteiger partial charge in [-0.2, -0.15) is 13.2 Å². The first-order chi connectivity index (χ1) is 10.3. The molecule has 1 heterocycles. The summed E-state index contributed by atoms with van der Waals surface area (Å²) in [6.45, 7) is 5.00. The summed E-state index contributed by atoms with van der Waals surface area (Å²) in [5.74, 6) is -4.73. The molecule has 2 atom stereocenters. The molecule has 1 aliphatic rings. The molecule has 132 valence electrons. The number of ether oxygens (including phenoxy) is 1. The van der Waals surface area contributed by atoms with E-state index in [9.17, 15) is 27.6 Å². The second-order valence-corrected chi connectivity index (χ2v) is 6.26. The van der Waals surface area contributed by atoms with Crippen molar-refractivity contribution in [3.05, 3.63) is 0 Å². The van der Waals surface area contributed by atoms with Crippen molar-refractivity contribution in [2.75, 3.05) is 13.1 Å². The Morgan fingerprint density at radius 3 is 2.26 bits per heavy atom. The van der Waals surface area contributed by atoms with Crippen molar-refractivity contribution in [1.29, 1.82) is 0 Å². The summed E-state index contributed by atoms with van der Waals surface area (Å²) >= 11 is 0. The SMILES string of the molecule is CC(C)(C)OC(=O)N1CCC(C(NC(=O)C(F)(F)F)C(=O)O)C1. The van der Waals surface area contributed by atoms with Crippen molar-refractivity contribution in [2.24, 2.45) is 5.92 Å². The number of amides is 2. The summed E-state index contributed by atoms with van der Waals surface area (Å²) in [7, 11) is 0. The fraction of sp³-hybridized carbons (Fsp3) is 0.769. The monoisotopic (exact) mass is 340 g/mol. The van der Waals surface area contributed by atoms with E-state index in [-0.39, 0.29) is 19.5 Å². The minimum Gasteiger partial charge on any atom is -0.480 e. The number of carboxylic acid groups (broad SMARTS) is 1. The smallest absolute Gasteiger partial charge is 0.471 e. The van der Waals surface area contributed by atoms with E-state index in [0.717, 1.165) is 0 Å². The first-order valence-electron chi connectivity index (χ1n) is 6.89. The number of hydrogen-bond acceptors (Lipinski definition) is 4. The molecule has 0 radical (unpaired) electrons. The number of carbonyl (C=O) groups is 3. The lowest BCUT2D eigenvalue weighted by Crippen LogP contribution is -2.51. The van der Waals surface area contributed by atoms with Crippen LogP contribution in [-0.2, 0) is 14.3 Å². The zero-order chi connectivity index (χ0) is 18.0. The molecule has 0 aromatic rings. The molecule has 1 rings (SSSR count). The van der Waals surface area contributed by atoms with Crippen molar-refractivity contribution < 1.29 is 37.4 Å². The van der Waals surface area contributed by atoms with E-state index in [4.69, 9.17) is 9.84 Å². The highest BCUT2D eigenvalue weighted by atomic mass is 19.4. The Kier molecular flexibility index (Phi) is 5.49. The number of likely N-dealkylation sites (tertiary alicyclic amines) is 1. The minimum atomic E-state index is -5.17. The van der Waals surface area contributed by atoms with E-state index in [0.29, 0.717) is 0 Å². The Labute approximate surface area is 130 Å². The lowest BCUT2D eigenvalue weighted by molar-refractivity contribution is -0.176. The number of nitrogens with zero attached hydrogens (tertiary/aromatic N) is 1. The van der Waals surface area contributed by atoms with Gasteiger partial charge in [-0.1, -0.05) is 0 Å². The van der Waals surface area contributed by atoms with Crippen LogP contribution in [0, 0.1) is 5.92 Å². The van der Waals surface area contributed by atoms with Gasteiger partial charge in [0.25, 0.3) is 0 Å². The van der Waals surface area contributed by atoms with E-state index in [2.05, 4.69) is 0 Å². The van der Waals surface area contributed by atoms with Crippen molar-refractivity contribution in [3.63, 3.8) is 0 Å². The molecule has 0 aromatic heterocycles. The number of hydrogen-bond donors (Lipinski definition) is 2. The molecule has 0 aromatic carbocycles. The Bertz CT molecular complexity index is 487. The van der Waals surface area contributed by atoms with Gasteiger partial charge in [-0.3, -0.25) is 4.79 Å². The molecule has 7 nitrogen and oxygen atoms in total. The van der Waals surface area contributed by atoms with Crippen LogP contribution in [0.25, 0.3) is 0 Å². The first-order valence-corrected chi connectivity index (χ1v) is 6.89. The fourth-order valence-electron chi connectivity index (χ4n) is 2.16. The van der Waals surface area contributed by atoms with Crippen LogP contribution in [0.4, 0.5) is 18.0 Å². The molecule has 10 heteroatoms. The van der Waals surface area contributed by atoms with Crippen LogP contribution in [0.3, 0.4) is 0 Å². The zero-order valence-electron chi connectivity index (χ0n) is 12.9. The van der Waals surface area contributed by atoms with Gasteiger partial charge in [-0.15, -0.1) is 0 Å². The predicted octanol–water partition coefficient (Wildman–Crippen LogP) is 1.38. The molecule has 0 spiro atoms. The van der Waals surface area contributed by atoms with Gasteiger partial charge in [0.2, 0.25) is 0 Å². The number of carbonyl (C=O) groups excluding carboxylic acids is 2. The molecule has 1 aliphatic heterocycles. The molecule has 0 bridgehead atoms. The van der Waals surface area contributed by atoms with Crippen molar-refractivity contribution in [2.45, 2.75) is 45.0 Å². The number of alkyl halides is 3. The Balaban J connectivity index is 2.72. The van der Waals surface area contributed by atoms with Crippen molar-refractivity contribution >= 4 is 18.0 Å². The van der Waals surface area contributed by atoms with Gasteiger partial charge in [-0.05, 0) is 27.2 Å². The van der Waals surface area contributed by atoms with Crippen LogP contribution in [0.5, 0.6) is 0 Å². The van der Waals surface area contributed by atoms with Crippen LogP contribution in [0.1, 0.15) is 27.2 Å². The van der Waals surface area contributed by atoms with Gasteiger partial charge in [0.1, 0.15) is 11.6 Å². The standard InChI is InChI=1S/C13H19F3N2O5/c1-12(2,3)23-11(22)18-5-4-7(6-18)8(9(19)20)17-10(21)13(14,15)16/h7-8H,4-6H2,1-3H3,(H,17,21)(H,19,20). The molecule has 0 saturated carbocycles. The number of rotatable bonds is 3. The molecule has 2 unspecified atom stereocenters. The van der Waals surface area contributed by atoms with Crippen molar-refractivity contribution in [3.8, 4) is 0 Å². The zero-order valence-corrected chi connectivity index (χ0v) is 12.9. The van der Waals surface area contributed by atoms with E-state index in [1.54, 1.807) is 20.8 Å². The summed E-state index contributed by atoms with van der Waals surface area (Å²) in [5, 5.41) is 10.5. The number of halogens is 3. The van der Waals surface area contributed by atoms with Crippen LogP contribution >= 0.6 is 0 Å². The Hall–Kier alpha value is -2.00. The van der Waals surface area contributed by atoms with Gasteiger partial charge in [-0.25, -0.2) is 9.59 Å². The minimum absolute atomic E-state index is 0.107. The average molecular weight is 340 g/mol. The van der Waals surface area contributed by atoms with Crippen LogP contribution in [0.15, 0.2) is 0 Å². The van der Waals surface area contributed by atoms with Crippen molar-refractivity contribution in [1.82, 2.24) is 10.2 Å². The quantitative estimate of drug-likeness (QED) is 0.809. The summed E-state index contributed by atoms with van der Waals surface area (Å²) in [5.41, 5.74) is -0.744. The molecule has 1 fully saturated rings. The molecule has 2 amide bonds. The largest absolute Gasteiger partial charge is 0.480 e. The summed E-state index contributed by atoms with van der Waals surface area (Å²) < 4.78 is 41.9. The van der Waals surface area contributed by atoms with Crippen LogP contribution in [0.2, 0.25) is 0 Å². The summed E-state index contributed by atoms with van der Waals surface area (Å²) in [6, 6.07) is -1.73. The number of nitrogens with one attached hydrogen (secondary N) is 1. The fourth-order valence-corrected chi connectivity index (χ4v) is 2.16. The lowest BCUT2D eigenvalue weighted by Gasteiger charge is -2.25. The van der Waals surface area contributed by atoms with E-state index in [1.165, 1.54) is 10.2 Å². The number of aliphatic carboxylic acids is 1. The average Bonchev–Trinajstić information content (AvgIpc) is 2.81. The summed E-state index contributed by atoms with van der Waals surface area (Å²) in [4.78, 5) is 35.2. The van der Waals surface area contributed by atoms with Gasteiger partial charge in [0.15, 0.2) is 0 Å². The second kappa shape index (κ2) is 6.63. The maximum Gasteiger partial charge on any atom is 0.471 e. The molecular formula is C13H19F3N2O5. The van der Waals surface area contributed by atoms with Gasteiger partial charge in [0.05, 0.1) is 0 Å².